The molecule has 3 rings (SSSR count). The Morgan fingerprint density at radius 1 is 1.24 bits per heavy atom. The Kier molecular flexibility index (Phi) is 6.25. The van der Waals surface area contributed by atoms with Crippen molar-refractivity contribution in [1.82, 2.24) is 15.5 Å². The van der Waals surface area contributed by atoms with Gasteiger partial charge in [0, 0.05) is 12.6 Å². The van der Waals surface area contributed by atoms with Crippen LogP contribution >= 0.6 is 11.8 Å². The Morgan fingerprint density at radius 2 is 2.00 bits per heavy atom. The van der Waals surface area contributed by atoms with Gasteiger partial charge in [0.05, 0.1) is 5.75 Å². The third-order valence-corrected chi connectivity index (χ3v) is 6.29. The summed E-state index contributed by atoms with van der Waals surface area (Å²) in [6.45, 7) is 0.558. The van der Waals surface area contributed by atoms with Gasteiger partial charge in [-0.15, -0.1) is 0 Å². The number of hydrogen-bond donors (Lipinski definition) is 2. The number of carbonyl (C=O) groups excluding carboxylic acids is 3. The van der Waals surface area contributed by atoms with Crippen molar-refractivity contribution in [3.63, 3.8) is 0 Å². The van der Waals surface area contributed by atoms with E-state index in [9.17, 15) is 14.4 Å². The Hall–Kier alpha value is -1.24. The predicted molar refractivity (Wildman–Crippen MR) is 98.2 cm³/mol. The van der Waals surface area contributed by atoms with Gasteiger partial charge in [-0.25, -0.2) is 0 Å². The highest BCUT2D eigenvalue weighted by molar-refractivity contribution is 7.99. The van der Waals surface area contributed by atoms with Gasteiger partial charge in [-0.3, -0.25) is 14.4 Å². The van der Waals surface area contributed by atoms with Crippen molar-refractivity contribution in [2.75, 3.05) is 18.6 Å². The van der Waals surface area contributed by atoms with E-state index < -0.39 is 6.04 Å². The number of piperazine rings is 1. The maximum atomic E-state index is 12.8. The van der Waals surface area contributed by atoms with Crippen molar-refractivity contribution < 1.29 is 14.4 Å². The molecular formula is C18H29N3O3S. The lowest BCUT2D eigenvalue weighted by atomic mass is 9.83. The minimum atomic E-state index is -0.427. The SMILES string of the molecule is CSCC(=O)NC1CCN2C(=O)C(CC3CCCCC3)NC(=O)C2C1. The normalized spacial score (nSPS) is 30.6. The largest absolute Gasteiger partial charge is 0.352 e. The number of carbonyl (C=O) groups is 3. The number of nitrogens with one attached hydrogen (secondary N) is 2. The molecule has 2 heterocycles. The Morgan fingerprint density at radius 3 is 2.72 bits per heavy atom. The zero-order valence-corrected chi connectivity index (χ0v) is 15.8. The number of amides is 3. The van der Waals surface area contributed by atoms with Gasteiger partial charge < -0.3 is 15.5 Å². The molecule has 0 aromatic carbocycles. The van der Waals surface area contributed by atoms with E-state index in [-0.39, 0.29) is 29.8 Å². The van der Waals surface area contributed by atoms with Crippen LogP contribution in [0.2, 0.25) is 0 Å². The van der Waals surface area contributed by atoms with Gasteiger partial charge in [-0.1, -0.05) is 32.1 Å². The van der Waals surface area contributed by atoms with Crippen molar-refractivity contribution in [2.24, 2.45) is 5.92 Å². The molecule has 3 atom stereocenters. The van der Waals surface area contributed by atoms with Crippen molar-refractivity contribution in [3.05, 3.63) is 0 Å². The minimum absolute atomic E-state index is 0.00340. The molecule has 2 aliphatic heterocycles. The molecule has 140 valence electrons. The topological polar surface area (TPSA) is 78.5 Å². The van der Waals surface area contributed by atoms with E-state index in [0.717, 1.165) is 12.8 Å². The van der Waals surface area contributed by atoms with Crippen LogP contribution in [0.5, 0.6) is 0 Å². The van der Waals surface area contributed by atoms with Crippen molar-refractivity contribution in [1.29, 1.82) is 0 Å². The number of thioether (sulfide) groups is 1. The summed E-state index contributed by atoms with van der Waals surface area (Å²) < 4.78 is 0. The van der Waals surface area contributed by atoms with Gasteiger partial charge >= 0.3 is 0 Å². The van der Waals surface area contributed by atoms with Crippen molar-refractivity contribution >= 4 is 29.5 Å². The number of piperidine rings is 1. The van der Waals surface area contributed by atoms with Crippen LogP contribution in [-0.2, 0) is 14.4 Å². The molecule has 0 spiro atoms. The third kappa shape index (κ3) is 4.49. The summed E-state index contributed by atoms with van der Waals surface area (Å²) >= 11 is 1.48. The molecule has 3 aliphatic rings. The molecule has 2 N–H and O–H groups in total. The first-order valence-corrected chi connectivity index (χ1v) is 10.9. The van der Waals surface area contributed by atoms with Gasteiger partial charge in [0.15, 0.2) is 0 Å². The number of hydrogen-bond acceptors (Lipinski definition) is 4. The molecule has 0 aromatic heterocycles. The van der Waals surface area contributed by atoms with Crippen molar-refractivity contribution in [3.8, 4) is 0 Å². The first-order chi connectivity index (χ1) is 12.1. The molecule has 0 aromatic rings. The zero-order chi connectivity index (χ0) is 17.8. The maximum Gasteiger partial charge on any atom is 0.245 e. The lowest BCUT2D eigenvalue weighted by Gasteiger charge is -2.44. The molecule has 3 amide bonds. The number of fused-ring (bicyclic) bond motifs is 1. The highest BCUT2D eigenvalue weighted by Crippen LogP contribution is 2.30. The second-order valence-corrected chi connectivity index (χ2v) is 8.44. The predicted octanol–water partition coefficient (Wildman–Crippen LogP) is 1.29. The third-order valence-electron chi connectivity index (χ3n) is 5.74. The van der Waals surface area contributed by atoms with Gasteiger partial charge in [-0.05, 0) is 31.4 Å². The monoisotopic (exact) mass is 367 g/mol. The van der Waals surface area contributed by atoms with E-state index in [4.69, 9.17) is 0 Å². The van der Waals surface area contributed by atoms with Gasteiger partial charge in [0.2, 0.25) is 17.7 Å². The first kappa shape index (κ1) is 18.5. The van der Waals surface area contributed by atoms with Crippen molar-refractivity contribution in [2.45, 2.75) is 69.5 Å². The average molecular weight is 368 g/mol. The van der Waals surface area contributed by atoms with E-state index in [1.165, 1.54) is 43.9 Å². The molecule has 25 heavy (non-hydrogen) atoms. The van der Waals surface area contributed by atoms with Crippen LogP contribution in [0.3, 0.4) is 0 Å². The summed E-state index contributed by atoms with van der Waals surface area (Å²) in [5.74, 6) is 1.01. The molecule has 3 unspecified atom stereocenters. The second-order valence-electron chi connectivity index (χ2n) is 7.57. The van der Waals surface area contributed by atoms with Crippen LogP contribution in [0.25, 0.3) is 0 Å². The Bertz CT molecular complexity index is 522. The fourth-order valence-electron chi connectivity index (χ4n) is 4.45. The molecule has 3 fully saturated rings. The standard InChI is InChI=1S/C18H29N3O3S/c1-25-11-16(22)19-13-7-8-21-15(10-13)17(23)20-14(18(21)24)9-12-5-3-2-4-6-12/h12-15H,2-11H2,1H3,(H,19,22)(H,20,23). The highest BCUT2D eigenvalue weighted by atomic mass is 32.2. The van der Waals surface area contributed by atoms with Crippen LogP contribution in [-0.4, -0.2) is 59.3 Å². The maximum absolute atomic E-state index is 12.8. The van der Waals surface area contributed by atoms with Crippen LogP contribution in [0.1, 0.15) is 51.4 Å². The number of nitrogens with zero attached hydrogens (tertiary/aromatic N) is 1. The zero-order valence-electron chi connectivity index (χ0n) is 15.0. The van der Waals surface area contributed by atoms with Gasteiger partial charge in [0.25, 0.3) is 0 Å². The van der Waals surface area contributed by atoms with Crippen LogP contribution in [0.15, 0.2) is 0 Å². The van der Waals surface area contributed by atoms with E-state index in [2.05, 4.69) is 10.6 Å². The summed E-state index contributed by atoms with van der Waals surface area (Å²) in [6.07, 6.45) is 10.0. The number of rotatable bonds is 5. The van der Waals surface area contributed by atoms with Crippen LogP contribution in [0, 0.1) is 5.92 Å². The summed E-state index contributed by atoms with van der Waals surface area (Å²) in [4.78, 5) is 38.9. The fourth-order valence-corrected chi connectivity index (χ4v) is 4.80. The molecular weight excluding hydrogens is 338 g/mol. The summed E-state index contributed by atoms with van der Waals surface area (Å²) in [7, 11) is 0. The minimum Gasteiger partial charge on any atom is -0.352 e. The molecule has 1 saturated carbocycles. The van der Waals surface area contributed by atoms with Gasteiger partial charge in [-0.2, -0.15) is 11.8 Å². The Labute approximate surface area is 153 Å². The lowest BCUT2D eigenvalue weighted by molar-refractivity contribution is -0.152. The molecule has 7 heteroatoms. The quantitative estimate of drug-likeness (QED) is 0.768. The lowest BCUT2D eigenvalue weighted by Crippen LogP contribution is -2.67. The van der Waals surface area contributed by atoms with Crippen LogP contribution < -0.4 is 10.6 Å². The summed E-state index contributed by atoms with van der Waals surface area (Å²) in [5, 5.41) is 5.95. The first-order valence-electron chi connectivity index (χ1n) is 9.47. The Balaban J connectivity index is 1.57. The van der Waals surface area contributed by atoms with E-state index in [1.54, 1.807) is 4.90 Å². The molecule has 2 saturated heterocycles. The second kappa shape index (κ2) is 8.43. The van der Waals surface area contributed by atoms with E-state index >= 15 is 0 Å². The fraction of sp³-hybridized carbons (Fsp3) is 0.833. The highest BCUT2D eigenvalue weighted by Gasteiger charge is 2.44. The van der Waals surface area contributed by atoms with Crippen LogP contribution in [0.4, 0.5) is 0 Å². The smallest absolute Gasteiger partial charge is 0.245 e. The van der Waals surface area contributed by atoms with E-state index in [1.807, 2.05) is 6.26 Å². The molecule has 0 radical (unpaired) electrons. The molecule has 6 nitrogen and oxygen atoms in total. The van der Waals surface area contributed by atoms with Gasteiger partial charge in [0.1, 0.15) is 12.1 Å². The summed E-state index contributed by atoms with van der Waals surface area (Å²) in [5.41, 5.74) is 0. The molecule has 0 bridgehead atoms. The molecule has 1 aliphatic carbocycles. The van der Waals surface area contributed by atoms with E-state index in [0.29, 0.717) is 24.6 Å². The average Bonchev–Trinajstić information content (AvgIpc) is 2.60. The summed E-state index contributed by atoms with van der Waals surface area (Å²) in [6, 6.07) is -0.799.